The van der Waals surface area contributed by atoms with Crippen LogP contribution in [0.25, 0.3) is 0 Å². The number of aryl methyl sites for hydroxylation is 1. The number of ether oxygens (including phenoxy) is 1. The summed E-state index contributed by atoms with van der Waals surface area (Å²) in [6, 6.07) is 8.11. The number of nitrogens with one attached hydrogen (secondary N) is 3. The normalized spacial score (nSPS) is 10.7. The summed E-state index contributed by atoms with van der Waals surface area (Å²) < 4.78 is 5.14. The molecule has 0 aromatic heterocycles. The number of anilines is 1. The maximum atomic E-state index is 11.4. The minimum absolute atomic E-state index is 0.427. The van der Waals surface area contributed by atoms with Gasteiger partial charge in [0.05, 0.1) is 0 Å². The van der Waals surface area contributed by atoms with Gasteiger partial charge in [-0.1, -0.05) is 19.1 Å². The number of alkyl carbamates (subject to hydrolysis) is 1. The largest absolute Gasteiger partial charge is 0.444 e. The highest BCUT2D eigenvalue weighted by Gasteiger charge is 2.15. The molecule has 0 unspecified atom stereocenters. The topological polar surface area (TPSA) is 62.4 Å². The second kappa shape index (κ2) is 8.58. The van der Waals surface area contributed by atoms with E-state index in [1.807, 2.05) is 32.9 Å². The van der Waals surface area contributed by atoms with E-state index in [1.165, 1.54) is 5.56 Å². The average Bonchev–Trinajstić information content (AvgIpc) is 2.42. The molecular weight excluding hydrogens is 298 g/mol. The lowest BCUT2D eigenvalue weighted by Crippen LogP contribution is -2.39. The quantitative estimate of drug-likeness (QED) is 0.574. The number of carbonyl (C=O) groups excluding carboxylic acids is 1. The van der Waals surface area contributed by atoms with Crippen LogP contribution in [0.2, 0.25) is 0 Å². The van der Waals surface area contributed by atoms with Crippen LogP contribution in [-0.2, 0) is 11.2 Å². The van der Waals surface area contributed by atoms with Gasteiger partial charge in [-0.2, -0.15) is 0 Å². The van der Waals surface area contributed by atoms with E-state index in [0.29, 0.717) is 18.2 Å². The van der Waals surface area contributed by atoms with Gasteiger partial charge in [0.25, 0.3) is 0 Å². The standard InChI is InChI=1S/C16H25N3O2S/c1-5-12-6-8-13(9-7-12)19-14(22)17-10-11-18-15(20)21-16(2,3)4/h6-9H,5,10-11H2,1-4H3,(H,18,20)(H2,17,19,22). The molecule has 0 aliphatic carbocycles. The van der Waals surface area contributed by atoms with Crippen LogP contribution in [0.4, 0.5) is 10.5 Å². The first kappa shape index (κ1) is 18.2. The average molecular weight is 323 g/mol. The Morgan fingerprint density at radius 1 is 1.14 bits per heavy atom. The fourth-order valence-corrected chi connectivity index (χ4v) is 1.87. The van der Waals surface area contributed by atoms with Crippen LogP contribution in [0, 0.1) is 0 Å². The Balaban J connectivity index is 2.21. The van der Waals surface area contributed by atoms with Crippen molar-refractivity contribution in [3.05, 3.63) is 29.8 Å². The third kappa shape index (κ3) is 7.83. The maximum Gasteiger partial charge on any atom is 0.407 e. The zero-order chi connectivity index (χ0) is 16.6. The molecule has 0 aliphatic rings. The van der Waals surface area contributed by atoms with Gasteiger partial charge in [0.2, 0.25) is 0 Å². The second-order valence-corrected chi connectivity index (χ2v) is 6.27. The van der Waals surface area contributed by atoms with Crippen molar-refractivity contribution in [2.75, 3.05) is 18.4 Å². The summed E-state index contributed by atoms with van der Waals surface area (Å²) in [6.07, 6.45) is 0.586. The number of rotatable bonds is 5. The highest BCUT2D eigenvalue weighted by molar-refractivity contribution is 7.80. The van der Waals surface area contributed by atoms with E-state index >= 15 is 0 Å². The predicted octanol–water partition coefficient (Wildman–Crippen LogP) is 3.06. The number of hydrogen-bond acceptors (Lipinski definition) is 3. The number of thiocarbonyl (C=S) groups is 1. The molecule has 0 fully saturated rings. The van der Waals surface area contributed by atoms with E-state index in [0.717, 1.165) is 12.1 Å². The summed E-state index contributed by atoms with van der Waals surface area (Å²) in [6.45, 7) is 8.56. The summed E-state index contributed by atoms with van der Waals surface area (Å²) >= 11 is 5.20. The van der Waals surface area contributed by atoms with E-state index in [-0.39, 0.29) is 0 Å². The van der Waals surface area contributed by atoms with Crippen molar-refractivity contribution in [3.63, 3.8) is 0 Å². The minimum atomic E-state index is -0.487. The number of carbonyl (C=O) groups is 1. The van der Waals surface area contributed by atoms with E-state index < -0.39 is 11.7 Å². The molecule has 122 valence electrons. The molecule has 0 bridgehead atoms. The van der Waals surface area contributed by atoms with Gasteiger partial charge in [-0.25, -0.2) is 4.79 Å². The summed E-state index contributed by atoms with van der Waals surface area (Å²) in [5.74, 6) is 0. The van der Waals surface area contributed by atoms with Gasteiger partial charge in [0.1, 0.15) is 5.60 Å². The lowest BCUT2D eigenvalue weighted by molar-refractivity contribution is 0.0529. The molecule has 0 spiro atoms. The molecule has 0 heterocycles. The van der Waals surface area contributed by atoms with Crippen molar-refractivity contribution >= 4 is 29.1 Å². The first-order chi connectivity index (χ1) is 10.3. The molecular formula is C16H25N3O2S. The van der Waals surface area contributed by atoms with Crippen molar-refractivity contribution in [3.8, 4) is 0 Å². The number of benzene rings is 1. The first-order valence-electron chi connectivity index (χ1n) is 7.41. The summed E-state index contributed by atoms with van der Waals surface area (Å²) in [5.41, 5.74) is 1.74. The Morgan fingerprint density at radius 2 is 1.73 bits per heavy atom. The third-order valence-electron chi connectivity index (χ3n) is 2.70. The third-order valence-corrected chi connectivity index (χ3v) is 2.95. The van der Waals surface area contributed by atoms with Gasteiger partial charge in [0.15, 0.2) is 5.11 Å². The second-order valence-electron chi connectivity index (χ2n) is 5.86. The molecule has 1 amide bonds. The van der Waals surface area contributed by atoms with Crippen molar-refractivity contribution in [2.24, 2.45) is 0 Å². The van der Waals surface area contributed by atoms with Gasteiger partial charge in [-0.05, 0) is 57.1 Å². The molecule has 6 heteroatoms. The molecule has 5 nitrogen and oxygen atoms in total. The fourth-order valence-electron chi connectivity index (χ4n) is 1.65. The Kier molecular flexibility index (Phi) is 7.11. The van der Waals surface area contributed by atoms with Crippen LogP contribution in [0.5, 0.6) is 0 Å². The van der Waals surface area contributed by atoms with Crippen molar-refractivity contribution in [1.82, 2.24) is 10.6 Å². The zero-order valence-electron chi connectivity index (χ0n) is 13.7. The molecule has 1 aromatic carbocycles. The van der Waals surface area contributed by atoms with Crippen molar-refractivity contribution < 1.29 is 9.53 Å². The number of amides is 1. The molecule has 0 saturated heterocycles. The monoisotopic (exact) mass is 323 g/mol. The van der Waals surface area contributed by atoms with Crippen LogP contribution in [0.15, 0.2) is 24.3 Å². The predicted molar refractivity (Wildman–Crippen MR) is 94.3 cm³/mol. The molecule has 0 radical (unpaired) electrons. The fraction of sp³-hybridized carbons (Fsp3) is 0.500. The molecule has 0 aliphatic heterocycles. The maximum absolute atomic E-state index is 11.4. The smallest absolute Gasteiger partial charge is 0.407 e. The van der Waals surface area contributed by atoms with E-state index in [2.05, 4.69) is 35.0 Å². The molecule has 1 aromatic rings. The first-order valence-corrected chi connectivity index (χ1v) is 7.81. The summed E-state index contributed by atoms with van der Waals surface area (Å²) in [5, 5.41) is 9.31. The van der Waals surface area contributed by atoms with Crippen LogP contribution < -0.4 is 16.0 Å². The van der Waals surface area contributed by atoms with E-state index in [4.69, 9.17) is 17.0 Å². The van der Waals surface area contributed by atoms with E-state index in [1.54, 1.807) is 0 Å². The minimum Gasteiger partial charge on any atom is -0.444 e. The SMILES string of the molecule is CCc1ccc(NC(=S)NCCNC(=O)OC(C)(C)C)cc1. The molecule has 0 saturated carbocycles. The highest BCUT2D eigenvalue weighted by atomic mass is 32.1. The Hall–Kier alpha value is -1.82. The van der Waals surface area contributed by atoms with Gasteiger partial charge >= 0.3 is 6.09 Å². The van der Waals surface area contributed by atoms with Crippen LogP contribution >= 0.6 is 12.2 Å². The van der Waals surface area contributed by atoms with Crippen LogP contribution in [0.1, 0.15) is 33.3 Å². The van der Waals surface area contributed by atoms with Crippen molar-refractivity contribution in [2.45, 2.75) is 39.7 Å². The lowest BCUT2D eigenvalue weighted by Gasteiger charge is -2.19. The van der Waals surface area contributed by atoms with Gasteiger partial charge < -0.3 is 20.7 Å². The van der Waals surface area contributed by atoms with Crippen molar-refractivity contribution in [1.29, 1.82) is 0 Å². The van der Waals surface area contributed by atoms with Crippen LogP contribution in [-0.4, -0.2) is 29.9 Å². The molecule has 0 atom stereocenters. The molecule has 3 N–H and O–H groups in total. The molecule has 22 heavy (non-hydrogen) atoms. The van der Waals surface area contributed by atoms with Gasteiger partial charge in [-0.15, -0.1) is 0 Å². The Labute approximate surface area is 137 Å². The summed E-state index contributed by atoms with van der Waals surface area (Å²) in [7, 11) is 0. The van der Waals surface area contributed by atoms with Crippen LogP contribution in [0.3, 0.4) is 0 Å². The molecule has 1 rings (SSSR count). The zero-order valence-corrected chi connectivity index (χ0v) is 14.5. The lowest BCUT2D eigenvalue weighted by atomic mass is 10.1. The summed E-state index contributed by atoms with van der Waals surface area (Å²) in [4.78, 5) is 11.4. The number of hydrogen-bond donors (Lipinski definition) is 3. The highest BCUT2D eigenvalue weighted by Crippen LogP contribution is 2.09. The van der Waals surface area contributed by atoms with Gasteiger partial charge in [0, 0.05) is 18.8 Å². The van der Waals surface area contributed by atoms with Gasteiger partial charge in [-0.3, -0.25) is 0 Å². The van der Waals surface area contributed by atoms with E-state index in [9.17, 15) is 4.79 Å². The Morgan fingerprint density at radius 3 is 2.27 bits per heavy atom. The Bertz CT molecular complexity index is 495.